The van der Waals surface area contributed by atoms with Crippen molar-refractivity contribution >= 4 is 11.9 Å². The summed E-state index contributed by atoms with van der Waals surface area (Å²) >= 11 is 1.43. The predicted octanol–water partition coefficient (Wildman–Crippen LogP) is -1.65. The van der Waals surface area contributed by atoms with E-state index in [4.69, 9.17) is 0 Å². The molecule has 0 atom stereocenters. The molecular formula is C7H7N4NaS. The first kappa shape index (κ1) is 10.7. The van der Waals surface area contributed by atoms with Gasteiger partial charge in [0.25, 0.3) is 0 Å². The van der Waals surface area contributed by atoms with Crippen LogP contribution < -0.4 is 29.6 Å². The number of tetrazole rings is 1. The Morgan fingerprint density at radius 3 is 2.62 bits per heavy atom. The SMILES string of the molecule is [H-].[Na+].c1ccc(Sn2ncnn2)cc1. The van der Waals surface area contributed by atoms with E-state index in [0.29, 0.717) is 0 Å². The number of hydrogen-bond donors (Lipinski definition) is 0. The molecule has 0 unspecified atom stereocenters. The molecule has 6 heteroatoms. The van der Waals surface area contributed by atoms with Crippen LogP contribution >= 0.6 is 11.9 Å². The Morgan fingerprint density at radius 1 is 1.23 bits per heavy atom. The predicted molar refractivity (Wildman–Crippen MR) is 46.6 cm³/mol. The molecule has 0 radical (unpaired) electrons. The molecular weight excluding hydrogens is 195 g/mol. The van der Waals surface area contributed by atoms with Crippen molar-refractivity contribution in [1.82, 2.24) is 19.6 Å². The molecule has 2 aromatic rings. The molecule has 62 valence electrons. The van der Waals surface area contributed by atoms with Crippen LogP contribution in [0.15, 0.2) is 41.6 Å². The second-order valence-corrected chi connectivity index (χ2v) is 3.07. The van der Waals surface area contributed by atoms with Gasteiger partial charge in [-0.3, -0.25) is 0 Å². The van der Waals surface area contributed by atoms with Gasteiger partial charge in [0.05, 0.1) is 0 Å². The van der Waals surface area contributed by atoms with E-state index in [2.05, 4.69) is 15.4 Å². The molecule has 0 amide bonds. The Bertz CT molecular complexity index is 342. The van der Waals surface area contributed by atoms with Crippen LogP contribution in [-0.2, 0) is 0 Å². The fourth-order valence-electron chi connectivity index (χ4n) is 0.775. The Hall–Kier alpha value is -0.360. The summed E-state index contributed by atoms with van der Waals surface area (Å²) < 4.78 is 1.47. The van der Waals surface area contributed by atoms with Crippen molar-refractivity contribution in [2.75, 3.05) is 0 Å². The van der Waals surface area contributed by atoms with Gasteiger partial charge in [-0.05, 0) is 17.3 Å². The smallest absolute Gasteiger partial charge is 1.00 e. The number of aromatic nitrogens is 4. The topological polar surface area (TPSA) is 43.6 Å². The summed E-state index contributed by atoms with van der Waals surface area (Å²) in [4.78, 5) is 1.09. The molecule has 0 fully saturated rings. The third-order valence-corrected chi connectivity index (χ3v) is 2.07. The molecule has 1 aromatic heterocycles. The zero-order chi connectivity index (χ0) is 8.23. The number of rotatable bonds is 2. The van der Waals surface area contributed by atoms with E-state index in [0.717, 1.165) is 4.90 Å². The van der Waals surface area contributed by atoms with E-state index >= 15 is 0 Å². The van der Waals surface area contributed by atoms with Crippen LogP contribution in [0.5, 0.6) is 0 Å². The minimum absolute atomic E-state index is 0. The van der Waals surface area contributed by atoms with Crippen molar-refractivity contribution in [1.29, 1.82) is 0 Å². The molecule has 2 rings (SSSR count). The first-order chi connectivity index (χ1) is 5.95. The van der Waals surface area contributed by atoms with Gasteiger partial charge in [-0.15, -0.1) is 10.2 Å². The Kier molecular flexibility index (Phi) is 4.44. The van der Waals surface area contributed by atoms with Crippen LogP contribution in [0.4, 0.5) is 0 Å². The van der Waals surface area contributed by atoms with Crippen molar-refractivity contribution in [3.8, 4) is 0 Å². The summed E-state index contributed by atoms with van der Waals surface area (Å²) in [6.45, 7) is 0. The van der Waals surface area contributed by atoms with Crippen LogP contribution in [0.25, 0.3) is 0 Å². The molecule has 0 saturated carbocycles. The van der Waals surface area contributed by atoms with Gasteiger partial charge >= 0.3 is 29.6 Å². The number of hydrogen-bond acceptors (Lipinski definition) is 4. The van der Waals surface area contributed by atoms with Crippen molar-refractivity contribution in [3.05, 3.63) is 36.7 Å². The molecule has 1 aromatic carbocycles. The fraction of sp³-hybridized carbons (Fsp3) is 0. The Balaban J connectivity index is 0.000000845. The summed E-state index contributed by atoms with van der Waals surface area (Å²) in [5.41, 5.74) is 0. The van der Waals surface area contributed by atoms with E-state index in [-0.39, 0.29) is 31.0 Å². The maximum Gasteiger partial charge on any atom is 1.00 e. The molecule has 0 aliphatic carbocycles. The molecule has 4 nitrogen and oxygen atoms in total. The standard InChI is InChI=1S/C7H6N4S.Na.H/c1-2-4-7(5-3-1)12-11-9-6-8-10-11;;/h1-6H;;/q;+1;-1. The van der Waals surface area contributed by atoms with E-state index in [1.807, 2.05) is 30.3 Å². The minimum Gasteiger partial charge on any atom is -1.00 e. The summed E-state index contributed by atoms with van der Waals surface area (Å²) in [5, 5.41) is 11.2. The van der Waals surface area contributed by atoms with Gasteiger partial charge in [0.2, 0.25) is 0 Å². The van der Waals surface area contributed by atoms with E-state index < -0.39 is 0 Å². The van der Waals surface area contributed by atoms with Gasteiger partial charge in [0.1, 0.15) is 0 Å². The third kappa shape index (κ3) is 3.11. The van der Waals surface area contributed by atoms with Gasteiger partial charge in [-0.2, -0.15) is 0 Å². The first-order valence-electron chi connectivity index (χ1n) is 3.41. The fourth-order valence-corrected chi connectivity index (χ4v) is 1.41. The van der Waals surface area contributed by atoms with E-state index in [1.54, 1.807) is 0 Å². The molecule has 13 heavy (non-hydrogen) atoms. The van der Waals surface area contributed by atoms with Crippen LogP contribution in [0.1, 0.15) is 1.43 Å². The summed E-state index contributed by atoms with van der Waals surface area (Å²) in [6.07, 6.45) is 1.41. The maximum absolute atomic E-state index is 3.87. The quantitative estimate of drug-likeness (QED) is 0.547. The van der Waals surface area contributed by atoms with Crippen molar-refractivity contribution in [2.45, 2.75) is 4.90 Å². The number of nitrogens with zero attached hydrogens (tertiary/aromatic N) is 4. The normalized spacial score (nSPS) is 9.23. The van der Waals surface area contributed by atoms with Gasteiger partial charge in [0, 0.05) is 16.8 Å². The van der Waals surface area contributed by atoms with E-state index in [9.17, 15) is 0 Å². The molecule has 0 aliphatic heterocycles. The molecule has 0 spiro atoms. The van der Waals surface area contributed by atoms with Gasteiger partial charge in [-0.1, -0.05) is 22.4 Å². The zero-order valence-electron chi connectivity index (χ0n) is 8.16. The Morgan fingerprint density at radius 2 is 2.00 bits per heavy atom. The van der Waals surface area contributed by atoms with Gasteiger partial charge in [0.15, 0.2) is 6.33 Å². The Labute approximate surface area is 104 Å². The van der Waals surface area contributed by atoms with E-state index in [1.165, 1.54) is 22.5 Å². The monoisotopic (exact) mass is 202 g/mol. The average Bonchev–Trinajstić information content (AvgIpc) is 2.59. The van der Waals surface area contributed by atoms with Crippen LogP contribution in [0.3, 0.4) is 0 Å². The maximum atomic E-state index is 3.87. The second kappa shape index (κ2) is 5.39. The first-order valence-corrected chi connectivity index (χ1v) is 4.19. The molecule has 0 aliphatic rings. The summed E-state index contributed by atoms with van der Waals surface area (Å²) in [6, 6.07) is 9.90. The molecule has 0 saturated heterocycles. The van der Waals surface area contributed by atoms with Crippen LogP contribution in [0, 0.1) is 0 Å². The van der Waals surface area contributed by atoms with Gasteiger partial charge < -0.3 is 1.43 Å². The van der Waals surface area contributed by atoms with Crippen molar-refractivity contribution in [2.24, 2.45) is 0 Å². The third-order valence-electron chi connectivity index (χ3n) is 1.26. The van der Waals surface area contributed by atoms with Crippen molar-refractivity contribution < 1.29 is 31.0 Å². The second-order valence-electron chi connectivity index (χ2n) is 2.09. The average molecular weight is 202 g/mol. The largest absolute Gasteiger partial charge is 1.00 e. The molecule has 0 bridgehead atoms. The molecule has 0 N–H and O–H groups in total. The van der Waals surface area contributed by atoms with Crippen molar-refractivity contribution in [3.63, 3.8) is 0 Å². The van der Waals surface area contributed by atoms with Gasteiger partial charge in [-0.25, -0.2) is 0 Å². The van der Waals surface area contributed by atoms with Crippen LogP contribution in [-0.4, -0.2) is 19.6 Å². The molecule has 1 heterocycles. The minimum atomic E-state index is 0. The summed E-state index contributed by atoms with van der Waals surface area (Å²) in [5.74, 6) is 0. The number of benzene rings is 1. The zero-order valence-corrected chi connectivity index (χ0v) is 9.98. The van der Waals surface area contributed by atoms with Crippen LogP contribution in [0.2, 0.25) is 0 Å². The summed E-state index contributed by atoms with van der Waals surface area (Å²) in [7, 11) is 0.